The molecule has 1 amide bonds. The number of nitrogens with one attached hydrogen (secondary N) is 1. The molecule has 6 heteroatoms. The number of ether oxygens (including phenoxy) is 1. The van der Waals surface area contributed by atoms with Crippen molar-refractivity contribution < 1.29 is 13.9 Å². The Morgan fingerprint density at radius 3 is 2.73 bits per heavy atom. The number of anilines is 1. The second-order valence-electron chi connectivity index (χ2n) is 7.20. The van der Waals surface area contributed by atoms with Crippen molar-refractivity contribution in [2.75, 3.05) is 26.0 Å². The molecular formula is C24H22N2O4. The lowest BCUT2D eigenvalue weighted by Gasteiger charge is -2.18. The third-order valence-corrected chi connectivity index (χ3v) is 4.92. The summed E-state index contributed by atoms with van der Waals surface area (Å²) in [5.41, 5.74) is 1.65. The van der Waals surface area contributed by atoms with Crippen LogP contribution in [-0.2, 0) is 11.3 Å². The van der Waals surface area contributed by atoms with Crippen LogP contribution in [0.4, 0.5) is 5.69 Å². The maximum absolute atomic E-state index is 12.5. The zero-order chi connectivity index (χ0) is 21.1. The number of carbonyl (C=O) groups excluding carboxylic acids is 1. The molecule has 0 aliphatic heterocycles. The molecule has 0 bridgehead atoms. The van der Waals surface area contributed by atoms with Gasteiger partial charge in [0.05, 0.1) is 13.7 Å². The van der Waals surface area contributed by atoms with Crippen molar-refractivity contribution in [1.29, 1.82) is 0 Å². The lowest BCUT2D eigenvalue weighted by atomic mass is 10.0. The minimum absolute atomic E-state index is 0.150. The molecule has 0 atom stereocenters. The molecule has 0 aliphatic carbocycles. The van der Waals surface area contributed by atoms with Crippen LogP contribution in [0.3, 0.4) is 0 Å². The Balaban J connectivity index is 1.56. The van der Waals surface area contributed by atoms with Gasteiger partial charge in [0, 0.05) is 29.8 Å². The first-order chi connectivity index (χ1) is 14.5. The number of rotatable bonds is 6. The summed E-state index contributed by atoms with van der Waals surface area (Å²) in [7, 11) is 3.43. The molecule has 4 rings (SSSR count). The van der Waals surface area contributed by atoms with Crippen molar-refractivity contribution in [2.45, 2.75) is 6.54 Å². The van der Waals surface area contributed by atoms with Gasteiger partial charge in [0.25, 0.3) is 0 Å². The van der Waals surface area contributed by atoms with E-state index in [2.05, 4.69) is 5.32 Å². The summed E-state index contributed by atoms with van der Waals surface area (Å²) in [5, 5.41) is 5.85. The highest BCUT2D eigenvalue weighted by atomic mass is 16.5. The van der Waals surface area contributed by atoms with Crippen LogP contribution in [0.15, 0.2) is 75.9 Å². The molecule has 30 heavy (non-hydrogen) atoms. The van der Waals surface area contributed by atoms with E-state index in [1.165, 1.54) is 6.07 Å². The predicted octanol–water partition coefficient (Wildman–Crippen LogP) is 4.03. The van der Waals surface area contributed by atoms with Gasteiger partial charge in [-0.15, -0.1) is 0 Å². The molecule has 1 aromatic heterocycles. The molecular weight excluding hydrogens is 380 g/mol. The van der Waals surface area contributed by atoms with Gasteiger partial charge in [0.15, 0.2) is 0 Å². The predicted molar refractivity (Wildman–Crippen MR) is 118 cm³/mol. The number of hydrogen-bond donors (Lipinski definition) is 1. The monoisotopic (exact) mass is 402 g/mol. The number of fused-ring (bicyclic) bond motifs is 3. The van der Waals surface area contributed by atoms with Gasteiger partial charge in [-0.3, -0.25) is 9.69 Å². The van der Waals surface area contributed by atoms with E-state index in [0.717, 1.165) is 21.7 Å². The number of amides is 1. The van der Waals surface area contributed by atoms with E-state index in [9.17, 15) is 9.59 Å². The molecule has 0 saturated carbocycles. The van der Waals surface area contributed by atoms with E-state index < -0.39 is 5.63 Å². The maximum atomic E-state index is 12.5. The molecule has 0 fully saturated rings. The van der Waals surface area contributed by atoms with Crippen LogP contribution in [0.5, 0.6) is 5.75 Å². The number of likely N-dealkylation sites (N-methyl/N-ethyl adjacent to an activating group) is 1. The smallest absolute Gasteiger partial charge is 0.336 e. The fourth-order valence-corrected chi connectivity index (χ4v) is 3.64. The summed E-state index contributed by atoms with van der Waals surface area (Å²) in [6, 6.07) is 20.4. The fourth-order valence-electron chi connectivity index (χ4n) is 3.64. The van der Waals surface area contributed by atoms with Crippen molar-refractivity contribution in [3.05, 3.63) is 82.7 Å². The van der Waals surface area contributed by atoms with E-state index in [1.807, 2.05) is 66.5 Å². The molecule has 1 heterocycles. The summed E-state index contributed by atoms with van der Waals surface area (Å²) in [5.74, 6) is 0.526. The largest absolute Gasteiger partial charge is 0.497 e. The SMILES string of the molecule is COc1cccc(NC(=O)CN(C)Cc2cc(=O)oc3ccc4ccccc4c23)c1. The van der Waals surface area contributed by atoms with E-state index in [-0.39, 0.29) is 12.5 Å². The van der Waals surface area contributed by atoms with Crippen LogP contribution in [0.2, 0.25) is 0 Å². The van der Waals surface area contributed by atoms with Gasteiger partial charge in [-0.25, -0.2) is 4.79 Å². The average molecular weight is 402 g/mol. The summed E-state index contributed by atoms with van der Waals surface area (Å²) in [6.45, 7) is 0.603. The van der Waals surface area contributed by atoms with Crippen LogP contribution in [0.1, 0.15) is 5.56 Å². The maximum Gasteiger partial charge on any atom is 0.336 e. The fraction of sp³-hybridized carbons (Fsp3) is 0.167. The topological polar surface area (TPSA) is 71.8 Å². The molecule has 152 valence electrons. The lowest BCUT2D eigenvalue weighted by molar-refractivity contribution is -0.117. The molecule has 0 radical (unpaired) electrons. The quantitative estimate of drug-likeness (QED) is 0.390. The van der Waals surface area contributed by atoms with Crippen LogP contribution < -0.4 is 15.7 Å². The van der Waals surface area contributed by atoms with Crippen LogP contribution in [0, 0.1) is 0 Å². The van der Waals surface area contributed by atoms with Crippen LogP contribution in [-0.4, -0.2) is 31.5 Å². The third kappa shape index (κ3) is 4.18. The second kappa shape index (κ2) is 8.39. The molecule has 0 unspecified atom stereocenters. The minimum Gasteiger partial charge on any atom is -0.497 e. The highest BCUT2D eigenvalue weighted by Crippen LogP contribution is 2.28. The standard InChI is InChI=1S/C24H22N2O4/c1-26(15-22(27)25-18-7-5-8-19(13-18)29-2)14-17-12-23(28)30-21-11-10-16-6-3-4-9-20(16)24(17)21/h3-13H,14-15H2,1-2H3,(H,25,27). The molecule has 0 saturated heterocycles. The van der Waals surface area contributed by atoms with Gasteiger partial charge < -0.3 is 14.5 Å². The molecule has 3 aromatic carbocycles. The summed E-state index contributed by atoms with van der Waals surface area (Å²) >= 11 is 0. The Morgan fingerprint density at radius 1 is 1.07 bits per heavy atom. The van der Waals surface area contributed by atoms with Gasteiger partial charge in [-0.05, 0) is 41.6 Å². The number of methoxy groups -OCH3 is 1. The Morgan fingerprint density at radius 2 is 1.90 bits per heavy atom. The first-order valence-corrected chi connectivity index (χ1v) is 9.60. The Hall–Kier alpha value is -3.64. The van der Waals surface area contributed by atoms with Crippen LogP contribution in [0.25, 0.3) is 21.7 Å². The van der Waals surface area contributed by atoms with Crippen molar-refractivity contribution in [3.63, 3.8) is 0 Å². The Labute approximate surface area is 173 Å². The van der Waals surface area contributed by atoms with E-state index in [1.54, 1.807) is 13.2 Å². The normalized spacial score (nSPS) is 11.2. The van der Waals surface area contributed by atoms with Gasteiger partial charge >= 0.3 is 5.63 Å². The van der Waals surface area contributed by atoms with Crippen molar-refractivity contribution >= 4 is 33.3 Å². The minimum atomic E-state index is -0.401. The number of carbonyl (C=O) groups is 1. The van der Waals surface area contributed by atoms with Crippen LogP contribution >= 0.6 is 0 Å². The summed E-state index contributed by atoms with van der Waals surface area (Å²) in [6.07, 6.45) is 0. The Kier molecular flexibility index (Phi) is 5.50. The summed E-state index contributed by atoms with van der Waals surface area (Å²) < 4.78 is 10.6. The lowest BCUT2D eigenvalue weighted by Crippen LogP contribution is -2.30. The number of hydrogen-bond acceptors (Lipinski definition) is 5. The van der Waals surface area contributed by atoms with Gasteiger partial charge in [0.2, 0.25) is 5.91 Å². The van der Waals surface area contributed by atoms with Crippen molar-refractivity contribution in [2.24, 2.45) is 0 Å². The van der Waals surface area contributed by atoms with E-state index in [0.29, 0.717) is 23.6 Å². The highest BCUT2D eigenvalue weighted by molar-refractivity contribution is 6.07. The molecule has 4 aromatic rings. The van der Waals surface area contributed by atoms with Gasteiger partial charge in [-0.1, -0.05) is 36.4 Å². The number of nitrogens with zero attached hydrogens (tertiary/aromatic N) is 1. The van der Waals surface area contributed by atoms with E-state index >= 15 is 0 Å². The highest BCUT2D eigenvalue weighted by Gasteiger charge is 2.13. The first-order valence-electron chi connectivity index (χ1n) is 9.60. The number of benzene rings is 3. The molecule has 6 nitrogen and oxygen atoms in total. The van der Waals surface area contributed by atoms with Gasteiger partial charge in [0.1, 0.15) is 11.3 Å². The van der Waals surface area contributed by atoms with Gasteiger partial charge in [-0.2, -0.15) is 0 Å². The first kappa shape index (κ1) is 19.7. The molecule has 0 aliphatic rings. The van der Waals surface area contributed by atoms with Crippen molar-refractivity contribution in [3.8, 4) is 5.75 Å². The summed E-state index contributed by atoms with van der Waals surface area (Å²) in [4.78, 5) is 26.4. The third-order valence-electron chi connectivity index (χ3n) is 4.92. The average Bonchev–Trinajstić information content (AvgIpc) is 2.73. The Bertz CT molecular complexity index is 1280. The zero-order valence-electron chi connectivity index (χ0n) is 16.8. The second-order valence-corrected chi connectivity index (χ2v) is 7.20. The van der Waals surface area contributed by atoms with Crippen molar-refractivity contribution in [1.82, 2.24) is 4.90 Å². The zero-order valence-corrected chi connectivity index (χ0v) is 16.8. The van der Waals surface area contributed by atoms with E-state index in [4.69, 9.17) is 9.15 Å². The molecule has 1 N–H and O–H groups in total. The molecule has 0 spiro atoms.